The summed E-state index contributed by atoms with van der Waals surface area (Å²) in [4.78, 5) is 16.4. The lowest BCUT2D eigenvalue weighted by Gasteiger charge is -2.09. The molecule has 134 valence electrons. The molecule has 0 aliphatic heterocycles. The highest BCUT2D eigenvalue weighted by molar-refractivity contribution is 6.04. The summed E-state index contributed by atoms with van der Waals surface area (Å²) in [7, 11) is 0. The van der Waals surface area contributed by atoms with E-state index in [-0.39, 0.29) is 5.56 Å². The molecule has 1 aromatic heterocycles. The van der Waals surface area contributed by atoms with Gasteiger partial charge in [-0.2, -0.15) is 18.2 Å². The molecule has 8 heteroatoms. The Hall–Kier alpha value is -3.16. The standard InChI is InChI=1S/C18H14F3N3O2/c1-2-15-23-16(24-26-15)12-4-3-5-14(10-12)22-17(25)11-6-8-13(9-7-11)18(19,20)21/h3-10H,2H2,1H3,(H,22,25). The number of anilines is 1. The van der Waals surface area contributed by atoms with E-state index in [2.05, 4.69) is 15.5 Å². The molecule has 0 aliphatic carbocycles. The molecule has 1 N–H and O–H groups in total. The first-order chi connectivity index (χ1) is 12.4. The zero-order chi connectivity index (χ0) is 18.7. The zero-order valence-corrected chi connectivity index (χ0v) is 13.7. The lowest BCUT2D eigenvalue weighted by Crippen LogP contribution is -2.12. The Balaban J connectivity index is 1.76. The van der Waals surface area contributed by atoms with Gasteiger partial charge in [0.25, 0.3) is 5.91 Å². The van der Waals surface area contributed by atoms with Crippen LogP contribution in [0.25, 0.3) is 11.4 Å². The number of alkyl halides is 3. The fourth-order valence-electron chi connectivity index (χ4n) is 2.27. The van der Waals surface area contributed by atoms with Crippen molar-refractivity contribution in [3.63, 3.8) is 0 Å². The molecular formula is C18H14F3N3O2. The van der Waals surface area contributed by atoms with Crippen LogP contribution >= 0.6 is 0 Å². The van der Waals surface area contributed by atoms with Crippen LogP contribution in [-0.4, -0.2) is 16.0 Å². The lowest BCUT2D eigenvalue weighted by atomic mass is 10.1. The van der Waals surface area contributed by atoms with Crippen LogP contribution in [0.1, 0.15) is 28.7 Å². The summed E-state index contributed by atoms with van der Waals surface area (Å²) in [6.07, 6.45) is -3.83. The van der Waals surface area contributed by atoms with E-state index in [4.69, 9.17) is 4.52 Å². The number of aryl methyl sites for hydroxylation is 1. The summed E-state index contributed by atoms with van der Waals surface area (Å²) in [6, 6.07) is 10.8. The van der Waals surface area contributed by atoms with Crippen molar-refractivity contribution in [2.75, 3.05) is 5.32 Å². The highest BCUT2D eigenvalue weighted by Crippen LogP contribution is 2.29. The summed E-state index contributed by atoms with van der Waals surface area (Å²) < 4.78 is 42.8. The van der Waals surface area contributed by atoms with E-state index >= 15 is 0 Å². The van der Waals surface area contributed by atoms with Crippen molar-refractivity contribution in [2.24, 2.45) is 0 Å². The van der Waals surface area contributed by atoms with Crippen molar-refractivity contribution < 1.29 is 22.5 Å². The number of halogens is 3. The minimum atomic E-state index is -4.44. The maximum atomic E-state index is 12.6. The topological polar surface area (TPSA) is 68.0 Å². The third-order valence-corrected chi connectivity index (χ3v) is 3.62. The average molecular weight is 361 g/mol. The number of rotatable bonds is 4. The van der Waals surface area contributed by atoms with E-state index in [0.29, 0.717) is 29.4 Å². The van der Waals surface area contributed by atoms with Crippen LogP contribution in [0.4, 0.5) is 18.9 Å². The molecule has 26 heavy (non-hydrogen) atoms. The number of benzene rings is 2. The molecule has 2 aromatic carbocycles. The van der Waals surface area contributed by atoms with Crippen LogP contribution in [0.15, 0.2) is 53.1 Å². The Labute approximate surface area is 146 Å². The number of carbonyl (C=O) groups excluding carboxylic acids is 1. The Morgan fingerprint density at radius 3 is 2.50 bits per heavy atom. The Kier molecular flexibility index (Phi) is 4.75. The van der Waals surface area contributed by atoms with E-state index in [9.17, 15) is 18.0 Å². The van der Waals surface area contributed by atoms with Crippen LogP contribution in [0.3, 0.4) is 0 Å². The van der Waals surface area contributed by atoms with Gasteiger partial charge in [-0.15, -0.1) is 0 Å². The van der Waals surface area contributed by atoms with E-state index < -0.39 is 17.6 Å². The number of aromatic nitrogens is 2. The van der Waals surface area contributed by atoms with Gasteiger partial charge in [0.15, 0.2) is 0 Å². The largest absolute Gasteiger partial charge is 0.416 e. The van der Waals surface area contributed by atoms with Gasteiger partial charge >= 0.3 is 6.18 Å². The fraction of sp³-hybridized carbons (Fsp3) is 0.167. The maximum Gasteiger partial charge on any atom is 0.416 e. The Bertz CT molecular complexity index is 918. The smallest absolute Gasteiger partial charge is 0.339 e. The van der Waals surface area contributed by atoms with E-state index in [0.717, 1.165) is 24.3 Å². The van der Waals surface area contributed by atoms with Gasteiger partial charge in [0.2, 0.25) is 11.7 Å². The number of carbonyl (C=O) groups is 1. The zero-order valence-electron chi connectivity index (χ0n) is 13.7. The van der Waals surface area contributed by atoms with Crippen LogP contribution in [0.5, 0.6) is 0 Å². The number of amides is 1. The minimum Gasteiger partial charge on any atom is -0.339 e. The third kappa shape index (κ3) is 3.90. The van der Waals surface area contributed by atoms with Crippen molar-refractivity contribution in [3.8, 4) is 11.4 Å². The monoisotopic (exact) mass is 361 g/mol. The molecule has 0 saturated heterocycles. The van der Waals surface area contributed by atoms with Gasteiger partial charge in [0.05, 0.1) is 5.56 Å². The van der Waals surface area contributed by atoms with Gasteiger partial charge in [-0.05, 0) is 36.4 Å². The molecule has 0 unspecified atom stereocenters. The van der Waals surface area contributed by atoms with Crippen molar-refractivity contribution >= 4 is 11.6 Å². The number of nitrogens with zero attached hydrogens (tertiary/aromatic N) is 2. The molecule has 0 aliphatic rings. The average Bonchev–Trinajstić information content (AvgIpc) is 3.10. The van der Waals surface area contributed by atoms with E-state index in [1.807, 2.05) is 6.92 Å². The van der Waals surface area contributed by atoms with Gasteiger partial charge in [0.1, 0.15) is 0 Å². The normalized spacial score (nSPS) is 11.4. The lowest BCUT2D eigenvalue weighted by molar-refractivity contribution is -0.137. The Morgan fingerprint density at radius 1 is 1.15 bits per heavy atom. The number of nitrogens with one attached hydrogen (secondary N) is 1. The second-order valence-electron chi connectivity index (χ2n) is 5.48. The van der Waals surface area contributed by atoms with Gasteiger partial charge in [0, 0.05) is 23.2 Å². The fourth-order valence-corrected chi connectivity index (χ4v) is 2.27. The summed E-state index contributed by atoms with van der Waals surface area (Å²) in [5.41, 5.74) is 0.435. The van der Waals surface area contributed by atoms with Gasteiger partial charge < -0.3 is 9.84 Å². The molecule has 0 radical (unpaired) electrons. The predicted molar refractivity (Wildman–Crippen MR) is 88.5 cm³/mol. The van der Waals surface area contributed by atoms with Gasteiger partial charge in [-0.3, -0.25) is 4.79 Å². The molecule has 0 saturated carbocycles. The summed E-state index contributed by atoms with van der Waals surface area (Å²) >= 11 is 0. The molecule has 1 heterocycles. The molecule has 3 aromatic rings. The summed E-state index contributed by atoms with van der Waals surface area (Å²) in [5.74, 6) is 0.380. The van der Waals surface area contributed by atoms with Crippen LogP contribution in [-0.2, 0) is 12.6 Å². The van der Waals surface area contributed by atoms with Crippen molar-refractivity contribution in [1.29, 1.82) is 0 Å². The molecular weight excluding hydrogens is 347 g/mol. The summed E-state index contributed by atoms with van der Waals surface area (Å²) in [5, 5.41) is 6.50. The predicted octanol–water partition coefficient (Wildman–Crippen LogP) is 4.57. The van der Waals surface area contributed by atoms with Crippen LogP contribution < -0.4 is 5.32 Å². The summed E-state index contributed by atoms with van der Waals surface area (Å²) in [6.45, 7) is 1.89. The van der Waals surface area contributed by atoms with Gasteiger partial charge in [-0.1, -0.05) is 24.2 Å². The Morgan fingerprint density at radius 2 is 1.88 bits per heavy atom. The quantitative estimate of drug-likeness (QED) is 0.739. The van der Waals surface area contributed by atoms with Crippen molar-refractivity contribution in [1.82, 2.24) is 10.1 Å². The molecule has 1 amide bonds. The first-order valence-electron chi connectivity index (χ1n) is 7.78. The van der Waals surface area contributed by atoms with E-state index in [1.165, 1.54) is 0 Å². The van der Waals surface area contributed by atoms with Gasteiger partial charge in [-0.25, -0.2) is 0 Å². The van der Waals surface area contributed by atoms with Crippen LogP contribution in [0, 0.1) is 0 Å². The number of hydrogen-bond donors (Lipinski definition) is 1. The second kappa shape index (κ2) is 6.99. The first kappa shape index (κ1) is 17.7. The van der Waals surface area contributed by atoms with Crippen molar-refractivity contribution in [3.05, 3.63) is 65.5 Å². The SMILES string of the molecule is CCc1nc(-c2cccc(NC(=O)c3ccc(C(F)(F)F)cc3)c2)no1. The first-order valence-corrected chi connectivity index (χ1v) is 7.78. The van der Waals surface area contributed by atoms with Crippen molar-refractivity contribution in [2.45, 2.75) is 19.5 Å². The third-order valence-electron chi connectivity index (χ3n) is 3.62. The molecule has 3 rings (SSSR count). The highest BCUT2D eigenvalue weighted by Gasteiger charge is 2.30. The molecule has 0 atom stereocenters. The molecule has 5 nitrogen and oxygen atoms in total. The molecule has 0 fully saturated rings. The van der Waals surface area contributed by atoms with E-state index in [1.54, 1.807) is 24.3 Å². The van der Waals surface area contributed by atoms with Crippen LogP contribution in [0.2, 0.25) is 0 Å². The molecule has 0 spiro atoms. The second-order valence-corrected chi connectivity index (χ2v) is 5.48. The highest BCUT2D eigenvalue weighted by atomic mass is 19.4. The minimum absolute atomic E-state index is 0.122. The maximum absolute atomic E-state index is 12.6. The number of hydrogen-bond acceptors (Lipinski definition) is 4. The molecule has 0 bridgehead atoms.